The molecule has 1 heterocycles. The van der Waals surface area contributed by atoms with E-state index in [4.69, 9.17) is 10.3 Å². The van der Waals surface area contributed by atoms with Gasteiger partial charge in [0, 0.05) is 8.96 Å². The quantitative estimate of drug-likeness (QED) is 0.412. The second-order valence-corrected chi connectivity index (χ2v) is 5.71. The van der Waals surface area contributed by atoms with Gasteiger partial charge in [-0.05, 0) is 52.4 Å². The summed E-state index contributed by atoms with van der Waals surface area (Å²) < 4.78 is 20.4. The molecule has 20 heavy (non-hydrogen) atoms. The minimum atomic E-state index is -0.368. The van der Waals surface area contributed by atoms with Gasteiger partial charge in [0.1, 0.15) is 11.8 Å². The second-order valence-electron chi connectivity index (χ2n) is 4.46. The second kappa shape index (κ2) is 5.51. The number of fused-ring (bicyclic) bond motifs is 1. The zero-order valence-electron chi connectivity index (χ0n) is 10.4. The van der Waals surface area contributed by atoms with Crippen molar-refractivity contribution in [1.82, 2.24) is 5.43 Å². The van der Waals surface area contributed by atoms with E-state index >= 15 is 0 Å². The number of hydrogen-bond acceptors (Lipinski definition) is 3. The zero-order chi connectivity index (χ0) is 14.1. The van der Waals surface area contributed by atoms with Gasteiger partial charge in [0.15, 0.2) is 11.4 Å². The van der Waals surface area contributed by atoms with Crippen LogP contribution < -0.4 is 11.3 Å². The number of rotatable bonds is 3. The molecule has 5 heteroatoms. The first kappa shape index (κ1) is 13.5. The Morgan fingerprint density at radius 3 is 2.65 bits per heavy atom. The van der Waals surface area contributed by atoms with Gasteiger partial charge in [0.05, 0.1) is 0 Å². The van der Waals surface area contributed by atoms with Crippen molar-refractivity contribution in [3.63, 3.8) is 0 Å². The van der Waals surface area contributed by atoms with Crippen LogP contribution >= 0.6 is 22.6 Å². The Hall–Kier alpha value is -1.44. The van der Waals surface area contributed by atoms with Crippen LogP contribution in [-0.4, -0.2) is 0 Å². The lowest BCUT2D eigenvalue weighted by Gasteiger charge is -2.13. The molecular weight excluding hydrogens is 370 g/mol. The summed E-state index contributed by atoms with van der Waals surface area (Å²) in [6, 6.07) is 14.3. The van der Waals surface area contributed by atoms with Crippen LogP contribution in [0.3, 0.4) is 0 Å². The number of nitrogens with one attached hydrogen (secondary N) is 1. The molecule has 0 amide bonds. The molecule has 1 aromatic heterocycles. The van der Waals surface area contributed by atoms with Gasteiger partial charge < -0.3 is 4.42 Å². The van der Waals surface area contributed by atoms with Gasteiger partial charge in [0.25, 0.3) is 0 Å². The number of furan rings is 1. The molecule has 0 spiro atoms. The van der Waals surface area contributed by atoms with E-state index in [0.29, 0.717) is 5.76 Å². The SMILES string of the molecule is NNC(c1cccc(I)c1)c1cc2cccc(F)c2o1. The molecule has 0 aliphatic heterocycles. The number of halogens is 2. The molecular formula is C15H12FIN2O. The van der Waals surface area contributed by atoms with Gasteiger partial charge in [-0.2, -0.15) is 0 Å². The summed E-state index contributed by atoms with van der Waals surface area (Å²) in [5, 5.41) is 0.728. The highest BCUT2D eigenvalue weighted by molar-refractivity contribution is 14.1. The molecule has 2 aromatic carbocycles. The van der Waals surface area contributed by atoms with Gasteiger partial charge in [0.2, 0.25) is 0 Å². The Morgan fingerprint density at radius 2 is 1.95 bits per heavy atom. The van der Waals surface area contributed by atoms with Crippen LogP contribution in [0.2, 0.25) is 0 Å². The van der Waals surface area contributed by atoms with Gasteiger partial charge >= 0.3 is 0 Å². The van der Waals surface area contributed by atoms with Crippen molar-refractivity contribution in [3.05, 3.63) is 69.2 Å². The summed E-state index contributed by atoms with van der Waals surface area (Å²) in [6.07, 6.45) is 0. The van der Waals surface area contributed by atoms with Gasteiger partial charge in [-0.15, -0.1) is 0 Å². The molecule has 102 valence electrons. The normalized spacial score (nSPS) is 12.8. The fourth-order valence-electron chi connectivity index (χ4n) is 2.22. The standard InChI is InChI=1S/C15H12FIN2O/c16-12-6-2-4-10-8-13(20-15(10)12)14(19-18)9-3-1-5-11(17)7-9/h1-8,14,19H,18H2. The van der Waals surface area contributed by atoms with Crippen LogP contribution in [0.5, 0.6) is 0 Å². The Balaban J connectivity index is 2.09. The fourth-order valence-corrected chi connectivity index (χ4v) is 2.79. The average Bonchev–Trinajstić information content (AvgIpc) is 2.85. The molecule has 3 rings (SSSR count). The maximum absolute atomic E-state index is 13.7. The van der Waals surface area contributed by atoms with Crippen LogP contribution in [-0.2, 0) is 0 Å². The van der Waals surface area contributed by atoms with Crippen molar-refractivity contribution >= 4 is 33.6 Å². The summed E-state index contributed by atoms with van der Waals surface area (Å²) in [4.78, 5) is 0. The summed E-state index contributed by atoms with van der Waals surface area (Å²) in [7, 11) is 0. The average molecular weight is 382 g/mol. The van der Waals surface area contributed by atoms with Crippen molar-refractivity contribution in [2.45, 2.75) is 6.04 Å². The van der Waals surface area contributed by atoms with E-state index in [1.807, 2.05) is 36.4 Å². The van der Waals surface area contributed by atoms with E-state index in [9.17, 15) is 4.39 Å². The molecule has 0 saturated carbocycles. The predicted octanol–water partition coefficient (Wildman–Crippen LogP) is 3.73. The van der Waals surface area contributed by atoms with Crippen LogP contribution in [0.4, 0.5) is 4.39 Å². The highest BCUT2D eigenvalue weighted by Gasteiger charge is 2.18. The van der Waals surface area contributed by atoms with Crippen molar-refractivity contribution in [3.8, 4) is 0 Å². The molecule has 1 atom stereocenters. The third kappa shape index (κ3) is 2.44. The summed E-state index contributed by atoms with van der Waals surface area (Å²) in [6.45, 7) is 0. The van der Waals surface area contributed by atoms with Crippen LogP contribution in [0.1, 0.15) is 17.4 Å². The third-order valence-electron chi connectivity index (χ3n) is 3.15. The number of hydrogen-bond donors (Lipinski definition) is 2. The van der Waals surface area contributed by atoms with Crippen LogP contribution in [0.15, 0.2) is 52.9 Å². The molecule has 3 aromatic rings. The zero-order valence-corrected chi connectivity index (χ0v) is 12.6. The Kier molecular flexibility index (Phi) is 3.73. The Bertz CT molecular complexity index is 756. The lowest BCUT2D eigenvalue weighted by atomic mass is 10.1. The smallest absolute Gasteiger partial charge is 0.169 e. The summed E-state index contributed by atoms with van der Waals surface area (Å²) >= 11 is 2.23. The highest BCUT2D eigenvalue weighted by Crippen LogP contribution is 2.29. The first-order valence-corrected chi connectivity index (χ1v) is 7.16. The lowest BCUT2D eigenvalue weighted by molar-refractivity contribution is 0.465. The van der Waals surface area contributed by atoms with Crippen molar-refractivity contribution in [1.29, 1.82) is 0 Å². The molecule has 0 aliphatic carbocycles. The molecule has 3 N–H and O–H groups in total. The molecule has 0 saturated heterocycles. The van der Waals surface area contributed by atoms with E-state index in [0.717, 1.165) is 14.5 Å². The van der Waals surface area contributed by atoms with Gasteiger partial charge in [-0.1, -0.05) is 24.3 Å². The van der Waals surface area contributed by atoms with E-state index in [2.05, 4.69) is 28.0 Å². The Morgan fingerprint density at radius 1 is 1.15 bits per heavy atom. The van der Waals surface area contributed by atoms with Crippen molar-refractivity contribution in [2.75, 3.05) is 0 Å². The topological polar surface area (TPSA) is 51.2 Å². The fraction of sp³-hybridized carbons (Fsp3) is 0.0667. The van der Waals surface area contributed by atoms with Crippen LogP contribution in [0.25, 0.3) is 11.0 Å². The Labute approximate surface area is 129 Å². The van der Waals surface area contributed by atoms with E-state index in [1.165, 1.54) is 6.07 Å². The predicted molar refractivity (Wildman–Crippen MR) is 84.5 cm³/mol. The molecule has 0 fully saturated rings. The number of nitrogens with two attached hydrogens (primary N) is 1. The monoisotopic (exact) mass is 382 g/mol. The van der Waals surface area contributed by atoms with E-state index < -0.39 is 0 Å². The third-order valence-corrected chi connectivity index (χ3v) is 3.82. The van der Waals surface area contributed by atoms with E-state index in [1.54, 1.807) is 6.07 Å². The maximum Gasteiger partial charge on any atom is 0.169 e. The summed E-state index contributed by atoms with van der Waals surface area (Å²) in [5.41, 5.74) is 3.95. The molecule has 0 aliphatic rings. The van der Waals surface area contributed by atoms with Gasteiger partial charge in [-0.25, -0.2) is 9.82 Å². The van der Waals surface area contributed by atoms with Crippen molar-refractivity contribution < 1.29 is 8.81 Å². The largest absolute Gasteiger partial charge is 0.456 e. The molecule has 0 radical (unpaired) electrons. The number of benzene rings is 2. The lowest BCUT2D eigenvalue weighted by Crippen LogP contribution is -2.28. The number of hydrazine groups is 1. The van der Waals surface area contributed by atoms with Crippen molar-refractivity contribution in [2.24, 2.45) is 5.84 Å². The van der Waals surface area contributed by atoms with Crippen LogP contribution in [0, 0.1) is 9.39 Å². The molecule has 3 nitrogen and oxygen atoms in total. The number of para-hydroxylation sites is 1. The van der Waals surface area contributed by atoms with Gasteiger partial charge in [-0.3, -0.25) is 5.84 Å². The highest BCUT2D eigenvalue weighted by atomic mass is 127. The molecule has 0 bridgehead atoms. The molecule has 1 unspecified atom stereocenters. The first-order valence-electron chi connectivity index (χ1n) is 6.08. The van der Waals surface area contributed by atoms with E-state index in [-0.39, 0.29) is 17.4 Å². The maximum atomic E-state index is 13.7. The minimum Gasteiger partial charge on any atom is -0.456 e. The minimum absolute atomic E-state index is 0.258. The summed E-state index contributed by atoms with van der Waals surface area (Å²) in [5.74, 6) is 5.86. The first-order chi connectivity index (χ1) is 9.69.